The van der Waals surface area contributed by atoms with Crippen molar-refractivity contribution in [3.05, 3.63) is 51.9 Å². The van der Waals surface area contributed by atoms with Gasteiger partial charge < -0.3 is 5.32 Å². The Morgan fingerprint density at radius 3 is 2.50 bits per heavy atom. The Morgan fingerprint density at radius 1 is 1.14 bits per heavy atom. The third kappa shape index (κ3) is 3.73. The first-order valence-corrected chi connectivity index (χ1v) is 9.01. The van der Waals surface area contributed by atoms with Gasteiger partial charge in [0.25, 0.3) is 5.91 Å². The second-order valence-electron chi connectivity index (χ2n) is 4.91. The second kappa shape index (κ2) is 6.60. The van der Waals surface area contributed by atoms with E-state index in [2.05, 4.69) is 10.0 Å². The largest absolute Gasteiger partial charge is 0.347 e. The molecule has 7 heteroatoms. The molecule has 5 nitrogen and oxygen atoms in total. The van der Waals surface area contributed by atoms with Crippen LogP contribution in [0.2, 0.25) is 0 Å². The highest BCUT2D eigenvalue weighted by Crippen LogP contribution is 2.21. The van der Waals surface area contributed by atoms with E-state index in [1.54, 1.807) is 12.1 Å². The van der Waals surface area contributed by atoms with Crippen molar-refractivity contribution >= 4 is 27.3 Å². The standard InChI is InChI=1S/C15H18N2O3S2/c1-10-4-5-12(8-11(10)2)15(18)17-9-13-6-7-14(21-13)22(19,20)16-3/h4-8,16H,9H2,1-3H3,(H,17,18). The van der Waals surface area contributed by atoms with Crippen LogP contribution in [0.25, 0.3) is 0 Å². The van der Waals surface area contributed by atoms with Crippen LogP contribution in [0.15, 0.2) is 34.5 Å². The summed E-state index contributed by atoms with van der Waals surface area (Å²) in [6.45, 7) is 4.25. The number of hydrogen-bond donors (Lipinski definition) is 2. The quantitative estimate of drug-likeness (QED) is 0.877. The third-order valence-corrected chi connectivity index (χ3v) is 6.35. The zero-order valence-electron chi connectivity index (χ0n) is 12.6. The number of hydrogen-bond acceptors (Lipinski definition) is 4. The maximum atomic E-state index is 12.1. The number of rotatable bonds is 5. The van der Waals surface area contributed by atoms with Crippen molar-refractivity contribution < 1.29 is 13.2 Å². The van der Waals surface area contributed by atoms with Crippen molar-refractivity contribution in [2.75, 3.05) is 7.05 Å². The van der Waals surface area contributed by atoms with Crippen LogP contribution in [0.4, 0.5) is 0 Å². The first kappa shape index (κ1) is 16.7. The Hall–Kier alpha value is -1.70. The van der Waals surface area contributed by atoms with Crippen LogP contribution in [-0.4, -0.2) is 21.4 Å². The molecule has 1 amide bonds. The van der Waals surface area contributed by atoms with Crippen molar-refractivity contribution in [2.45, 2.75) is 24.6 Å². The normalized spacial score (nSPS) is 11.4. The summed E-state index contributed by atoms with van der Waals surface area (Å²) in [4.78, 5) is 12.9. The summed E-state index contributed by atoms with van der Waals surface area (Å²) in [6, 6.07) is 8.77. The first-order chi connectivity index (χ1) is 10.3. The number of nitrogens with one attached hydrogen (secondary N) is 2. The molecule has 0 saturated carbocycles. The van der Waals surface area contributed by atoms with Gasteiger partial charge in [0, 0.05) is 10.4 Å². The molecule has 22 heavy (non-hydrogen) atoms. The van der Waals surface area contributed by atoms with Crippen molar-refractivity contribution in [2.24, 2.45) is 0 Å². The topological polar surface area (TPSA) is 75.3 Å². The van der Waals surface area contributed by atoms with E-state index in [-0.39, 0.29) is 10.1 Å². The van der Waals surface area contributed by atoms with E-state index in [4.69, 9.17) is 0 Å². The zero-order valence-corrected chi connectivity index (χ0v) is 14.3. The molecular weight excluding hydrogens is 320 g/mol. The lowest BCUT2D eigenvalue weighted by atomic mass is 10.1. The summed E-state index contributed by atoms with van der Waals surface area (Å²) in [6.07, 6.45) is 0. The number of sulfonamides is 1. The molecule has 118 valence electrons. The maximum Gasteiger partial charge on any atom is 0.251 e. The maximum absolute atomic E-state index is 12.1. The molecule has 0 aliphatic carbocycles. The Balaban J connectivity index is 2.04. The second-order valence-corrected chi connectivity index (χ2v) is 8.19. The van der Waals surface area contributed by atoms with Gasteiger partial charge in [0.1, 0.15) is 4.21 Å². The predicted octanol–water partition coefficient (Wildman–Crippen LogP) is 2.20. The number of carbonyl (C=O) groups is 1. The monoisotopic (exact) mass is 338 g/mol. The summed E-state index contributed by atoms with van der Waals surface area (Å²) >= 11 is 1.14. The first-order valence-electron chi connectivity index (χ1n) is 6.71. The molecule has 0 atom stereocenters. The molecule has 2 rings (SSSR count). The van der Waals surface area contributed by atoms with Crippen molar-refractivity contribution in [3.63, 3.8) is 0 Å². The fourth-order valence-corrected chi connectivity index (χ4v) is 3.98. The fraction of sp³-hybridized carbons (Fsp3) is 0.267. The van der Waals surface area contributed by atoms with E-state index < -0.39 is 10.0 Å². The molecule has 0 aliphatic heterocycles. The highest BCUT2D eigenvalue weighted by molar-refractivity contribution is 7.91. The summed E-state index contributed by atoms with van der Waals surface area (Å²) < 4.78 is 25.8. The summed E-state index contributed by atoms with van der Waals surface area (Å²) in [5.74, 6) is -0.172. The van der Waals surface area contributed by atoms with Crippen molar-refractivity contribution in [1.82, 2.24) is 10.0 Å². The predicted molar refractivity (Wildman–Crippen MR) is 87.7 cm³/mol. The van der Waals surface area contributed by atoms with E-state index in [9.17, 15) is 13.2 Å². The Bertz CT molecular complexity index is 795. The lowest BCUT2D eigenvalue weighted by Crippen LogP contribution is -2.22. The van der Waals surface area contributed by atoms with E-state index in [1.807, 2.05) is 26.0 Å². The van der Waals surface area contributed by atoms with E-state index >= 15 is 0 Å². The van der Waals surface area contributed by atoms with Crippen molar-refractivity contribution in [1.29, 1.82) is 0 Å². The van der Waals surface area contributed by atoms with Gasteiger partial charge in [-0.25, -0.2) is 13.1 Å². The van der Waals surface area contributed by atoms with Crippen LogP contribution < -0.4 is 10.0 Å². The van der Waals surface area contributed by atoms with Crippen LogP contribution in [0.1, 0.15) is 26.4 Å². The number of aryl methyl sites for hydroxylation is 2. The number of benzene rings is 1. The van der Waals surface area contributed by atoms with Gasteiger partial charge in [-0.15, -0.1) is 11.3 Å². The van der Waals surface area contributed by atoms with Crippen molar-refractivity contribution in [3.8, 4) is 0 Å². The lowest BCUT2D eigenvalue weighted by Gasteiger charge is -2.06. The molecule has 1 aromatic heterocycles. The molecule has 2 N–H and O–H groups in total. The number of carbonyl (C=O) groups excluding carboxylic acids is 1. The average molecular weight is 338 g/mol. The zero-order chi connectivity index (χ0) is 16.3. The Kier molecular flexibility index (Phi) is 5.00. The van der Waals surface area contributed by atoms with Gasteiger partial charge in [-0.2, -0.15) is 0 Å². The molecule has 0 fully saturated rings. The van der Waals surface area contributed by atoms with Gasteiger partial charge in [0.2, 0.25) is 10.0 Å². The molecule has 0 bridgehead atoms. The van der Waals surface area contributed by atoms with Crippen LogP contribution in [0, 0.1) is 13.8 Å². The van der Waals surface area contributed by atoms with E-state index in [0.29, 0.717) is 12.1 Å². The van der Waals surface area contributed by atoms with Crippen LogP contribution in [0.3, 0.4) is 0 Å². The van der Waals surface area contributed by atoms with Crippen LogP contribution in [-0.2, 0) is 16.6 Å². The minimum Gasteiger partial charge on any atom is -0.347 e. The molecule has 0 aliphatic rings. The van der Waals surface area contributed by atoms with Crippen LogP contribution in [0.5, 0.6) is 0 Å². The molecule has 1 heterocycles. The van der Waals surface area contributed by atoms with Gasteiger partial charge in [-0.1, -0.05) is 6.07 Å². The summed E-state index contributed by atoms with van der Waals surface area (Å²) in [5, 5.41) is 2.80. The molecule has 0 spiro atoms. The van der Waals surface area contributed by atoms with Gasteiger partial charge in [0.15, 0.2) is 0 Å². The average Bonchev–Trinajstić information content (AvgIpc) is 2.97. The summed E-state index contributed by atoms with van der Waals surface area (Å²) in [7, 11) is -2.05. The molecule has 0 unspecified atom stereocenters. The van der Waals surface area contributed by atoms with Gasteiger partial charge in [0.05, 0.1) is 6.54 Å². The van der Waals surface area contributed by atoms with Gasteiger partial charge >= 0.3 is 0 Å². The van der Waals surface area contributed by atoms with Gasteiger partial charge in [-0.05, 0) is 56.3 Å². The van der Waals surface area contributed by atoms with Crippen LogP contribution >= 0.6 is 11.3 Å². The minimum absolute atomic E-state index is 0.172. The van der Waals surface area contributed by atoms with E-state index in [0.717, 1.165) is 27.3 Å². The fourth-order valence-electron chi connectivity index (χ4n) is 1.85. The summed E-state index contributed by atoms with van der Waals surface area (Å²) in [5.41, 5.74) is 2.80. The lowest BCUT2D eigenvalue weighted by molar-refractivity contribution is 0.0951. The highest BCUT2D eigenvalue weighted by atomic mass is 32.2. The number of amides is 1. The molecule has 1 aromatic carbocycles. The van der Waals surface area contributed by atoms with Gasteiger partial charge in [-0.3, -0.25) is 4.79 Å². The molecule has 2 aromatic rings. The van der Waals surface area contributed by atoms with E-state index in [1.165, 1.54) is 13.1 Å². The molecule has 0 radical (unpaired) electrons. The highest BCUT2D eigenvalue weighted by Gasteiger charge is 2.14. The molecular formula is C15H18N2O3S2. The minimum atomic E-state index is -3.42. The Morgan fingerprint density at radius 2 is 1.86 bits per heavy atom. The Labute approximate surface area is 134 Å². The smallest absolute Gasteiger partial charge is 0.251 e. The SMILES string of the molecule is CNS(=O)(=O)c1ccc(CNC(=O)c2ccc(C)c(C)c2)s1. The third-order valence-electron chi connectivity index (χ3n) is 3.36. The molecule has 0 saturated heterocycles. The number of thiophene rings is 1.